The molecule has 0 aromatic heterocycles. The van der Waals surface area contributed by atoms with Crippen molar-refractivity contribution in [2.45, 2.75) is 62.3 Å². The van der Waals surface area contributed by atoms with Crippen LogP contribution in [0.4, 0.5) is 18.9 Å². The summed E-state index contributed by atoms with van der Waals surface area (Å²) in [6, 6.07) is 5.35. The minimum absolute atomic E-state index is 0.0580. The first-order chi connectivity index (χ1) is 19.7. The lowest BCUT2D eigenvalue weighted by molar-refractivity contribution is -0.138. The summed E-state index contributed by atoms with van der Waals surface area (Å²) in [6.07, 6.45) is -1.75. The van der Waals surface area contributed by atoms with Crippen molar-refractivity contribution in [1.29, 1.82) is 0 Å². The molecule has 8 nitrogen and oxygen atoms in total. The maximum absolute atomic E-state index is 14.3. The summed E-state index contributed by atoms with van der Waals surface area (Å²) in [7, 11) is -2.52. The van der Waals surface area contributed by atoms with Crippen LogP contribution in [0.3, 0.4) is 0 Å². The van der Waals surface area contributed by atoms with Crippen molar-refractivity contribution in [3.8, 4) is 0 Å². The summed E-state index contributed by atoms with van der Waals surface area (Å²) in [5.41, 5.74) is -1.64. The number of nitrogens with zero attached hydrogens (tertiary/aromatic N) is 2. The molecule has 2 aromatic carbocycles. The van der Waals surface area contributed by atoms with Gasteiger partial charge in [0, 0.05) is 41.8 Å². The molecule has 230 valence electrons. The molecule has 1 unspecified atom stereocenters. The molecule has 2 aliphatic rings. The monoisotopic (exact) mass is 648 g/mol. The molecule has 2 atom stereocenters. The van der Waals surface area contributed by atoms with Crippen LogP contribution in [-0.4, -0.2) is 69.7 Å². The van der Waals surface area contributed by atoms with Crippen LogP contribution >= 0.6 is 23.2 Å². The first kappa shape index (κ1) is 32.5. The molecule has 2 amide bonds. The number of carbonyl (C=O) groups is 2. The fourth-order valence-electron chi connectivity index (χ4n) is 5.40. The highest BCUT2D eigenvalue weighted by Gasteiger charge is 2.37. The Morgan fingerprint density at radius 3 is 2.52 bits per heavy atom. The van der Waals surface area contributed by atoms with Crippen LogP contribution in [0.15, 0.2) is 35.2 Å². The molecule has 0 bridgehead atoms. The molecule has 0 radical (unpaired) electrons. The van der Waals surface area contributed by atoms with Crippen molar-refractivity contribution in [3.05, 3.63) is 57.1 Å². The Bertz CT molecular complexity index is 1450. The molecule has 2 aromatic rings. The highest BCUT2D eigenvalue weighted by molar-refractivity contribution is 7.91. The maximum atomic E-state index is 14.3. The Morgan fingerprint density at radius 1 is 1.14 bits per heavy atom. The second-order valence-corrected chi connectivity index (χ2v) is 13.7. The molecule has 0 saturated carbocycles. The Labute approximate surface area is 253 Å². The topological polar surface area (TPSA) is 98.8 Å². The Balaban J connectivity index is 1.59. The van der Waals surface area contributed by atoms with Gasteiger partial charge in [-0.25, -0.2) is 8.42 Å². The number of likely N-dealkylation sites (tertiary alicyclic amines) is 1. The zero-order valence-electron chi connectivity index (χ0n) is 23.2. The average molecular weight is 650 g/mol. The Kier molecular flexibility index (Phi) is 10.1. The molecule has 14 heteroatoms. The molecular weight excluding hydrogens is 616 g/mol. The summed E-state index contributed by atoms with van der Waals surface area (Å²) >= 11 is 12.5. The number of hydrogen-bond donors (Lipinski definition) is 2. The zero-order chi connectivity index (χ0) is 30.8. The predicted molar refractivity (Wildman–Crippen MR) is 156 cm³/mol. The second kappa shape index (κ2) is 13.1. The van der Waals surface area contributed by atoms with E-state index in [0.29, 0.717) is 25.9 Å². The van der Waals surface area contributed by atoms with E-state index in [1.54, 1.807) is 0 Å². The van der Waals surface area contributed by atoms with Gasteiger partial charge >= 0.3 is 6.18 Å². The molecule has 2 aliphatic heterocycles. The van der Waals surface area contributed by atoms with Gasteiger partial charge in [-0.2, -0.15) is 13.2 Å². The summed E-state index contributed by atoms with van der Waals surface area (Å²) in [6.45, 7) is 2.97. The van der Waals surface area contributed by atoms with Crippen molar-refractivity contribution in [1.82, 2.24) is 15.5 Å². The number of halogens is 5. The molecule has 2 N–H and O–H groups in total. The number of alkyl halides is 3. The predicted octanol–water partition coefficient (Wildman–Crippen LogP) is 4.92. The first-order valence-corrected chi connectivity index (χ1v) is 16.1. The molecule has 4 rings (SSSR count). The molecular formula is C28H33Cl2F3N4O4S. The molecule has 2 fully saturated rings. The lowest BCUT2D eigenvalue weighted by atomic mass is 9.99. The van der Waals surface area contributed by atoms with Gasteiger partial charge in [0.2, 0.25) is 5.91 Å². The number of rotatable bonds is 8. The summed E-state index contributed by atoms with van der Waals surface area (Å²) < 4.78 is 68.3. The van der Waals surface area contributed by atoms with Gasteiger partial charge in [0.1, 0.15) is 0 Å². The minimum atomic E-state index is -4.82. The number of hydrogen-bond acceptors (Lipinski definition) is 6. The van der Waals surface area contributed by atoms with Crippen molar-refractivity contribution < 1.29 is 31.2 Å². The normalized spacial score (nSPS) is 20.0. The van der Waals surface area contributed by atoms with Crippen molar-refractivity contribution in [3.63, 3.8) is 0 Å². The number of amides is 2. The third-order valence-corrected chi connectivity index (χ3v) is 10.0. The first-order valence-electron chi connectivity index (χ1n) is 13.7. The van der Waals surface area contributed by atoms with Gasteiger partial charge in [-0.15, -0.1) is 0 Å². The van der Waals surface area contributed by atoms with Crippen LogP contribution in [-0.2, 0) is 27.4 Å². The number of anilines is 1. The van der Waals surface area contributed by atoms with Crippen LogP contribution < -0.4 is 15.5 Å². The standard InChI is InChI=1S/C28H33Cl2F3N4O4S/c1-3-42(40,41)25-9-8-18(29)14-24(25)36(2)27(39)17-12-21(28(31,32)33)20(22(30)13-17)16-37-11-5-6-19(15-37)35-26(38)23-7-4-10-34-23/h8-9,12-14,19,23,34H,3-7,10-11,15-16H2,1-2H3,(H,35,38)/t19-,23?/m0/s1. The molecule has 2 saturated heterocycles. The molecule has 0 aliphatic carbocycles. The number of nitrogens with one attached hydrogen (secondary N) is 2. The van der Waals surface area contributed by atoms with Crippen LogP contribution in [0.2, 0.25) is 10.0 Å². The maximum Gasteiger partial charge on any atom is 0.416 e. The van der Waals surface area contributed by atoms with Gasteiger partial charge in [0.25, 0.3) is 5.91 Å². The van der Waals surface area contributed by atoms with E-state index in [4.69, 9.17) is 23.2 Å². The van der Waals surface area contributed by atoms with Gasteiger partial charge in [0.15, 0.2) is 9.84 Å². The highest BCUT2D eigenvalue weighted by atomic mass is 35.5. The van der Waals surface area contributed by atoms with Crippen molar-refractivity contribution in [2.24, 2.45) is 0 Å². The third kappa shape index (κ3) is 7.39. The summed E-state index contributed by atoms with van der Waals surface area (Å²) in [5.74, 6) is -1.24. The Hall–Kier alpha value is -2.38. The van der Waals surface area contributed by atoms with Crippen LogP contribution in [0.25, 0.3) is 0 Å². The smallest absolute Gasteiger partial charge is 0.351 e. The number of benzene rings is 2. The van der Waals surface area contributed by atoms with E-state index in [1.807, 2.05) is 4.90 Å². The van der Waals surface area contributed by atoms with Gasteiger partial charge < -0.3 is 15.5 Å². The Morgan fingerprint density at radius 2 is 1.88 bits per heavy atom. The second-order valence-electron chi connectivity index (χ2n) is 10.6. The van der Waals surface area contributed by atoms with E-state index in [1.165, 1.54) is 38.2 Å². The van der Waals surface area contributed by atoms with Crippen LogP contribution in [0.1, 0.15) is 54.1 Å². The fourth-order valence-corrected chi connectivity index (χ4v) is 6.94. The molecule has 0 spiro atoms. The SMILES string of the molecule is CCS(=O)(=O)c1ccc(Cl)cc1N(C)C(=O)c1cc(Cl)c(CN2CCC[C@H](NC(=O)C3CCCN3)C2)c(C(F)(F)F)c1. The average Bonchev–Trinajstić information content (AvgIpc) is 3.48. The lowest BCUT2D eigenvalue weighted by Crippen LogP contribution is -2.51. The van der Waals surface area contributed by atoms with E-state index in [2.05, 4.69) is 10.6 Å². The van der Waals surface area contributed by atoms with E-state index in [9.17, 15) is 31.2 Å². The van der Waals surface area contributed by atoms with E-state index in [0.717, 1.165) is 30.4 Å². The van der Waals surface area contributed by atoms with E-state index < -0.39 is 27.5 Å². The minimum Gasteiger partial charge on any atom is -0.351 e. The number of sulfone groups is 1. The quantitative estimate of drug-likeness (QED) is 0.422. The number of carbonyl (C=O) groups excluding carboxylic acids is 2. The van der Waals surface area contributed by atoms with Gasteiger partial charge in [0.05, 0.1) is 27.9 Å². The summed E-state index contributed by atoms with van der Waals surface area (Å²) in [5, 5.41) is 6.06. The number of piperidine rings is 1. The third-order valence-electron chi connectivity index (χ3n) is 7.66. The van der Waals surface area contributed by atoms with Crippen LogP contribution in [0.5, 0.6) is 0 Å². The van der Waals surface area contributed by atoms with E-state index in [-0.39, 0.29) is 62.0 Å². The van der Waals surface area contributed by atoms with Crippen molar-refractivity contribution >= 4 is 50.5 Å². The molecule has 42 heavy (non-hydrogen) atoms. The molecule has 2 heterocycles. The van der Waals surface area contributed by atoms with Gasteiger partial charge in [-0.3, -0.25) is 14.5 Å². The van der Waals surface area contributed by atoms with Gasteiger partial charge in [-0.1, -0.05) is 30.1 Å². The van der Waals surface area contributed by atoms with Crippen LogP contribution in [0, 0.1) is 0 Å². The van der Waals surface area contributed by atoms with Crippen molar-refractivity contribution in [2.75, 3.05) is 37.3 Å². The largest absolute Gasteiger partial charge is 0.416 e. The fraction of sp³-hybridized carbons (Fsp3) is 0.500. The van der Waals surface area contributed by atoms with E-state index >= 15 is 0 Å². The lowest BCUT2D eigenvalue weighted by Gasteiger charge is -2.34. The van der Waals surface area contributed by atoms with Gasteiger partial charge in [-0.05, 0) is 74.7 Å². The summed E-state index contributed by atoms with van der Waals surface area (Å²) in [4.78, 5) is 28.6. The highest BCUT2D eigenvalue weighted by Crippen LogP contribution is 2.38. The zero-order valence-corrected chi connectivity index (χ0v) is 25.6.